The number of nitrogens with zero attached hydrogens (tertiary/aromatic N) is 2. The van der Waals surface area contributed by atoms with Gasteiger partial charge in [-0.1, -0.05) is 43.2 Å². The zero-order valence-corrected chi connectivity index (χ0v) is 14.3. The predicted molar refractivity (Wildman–Crippen MR) is 96.7 cm³/mol. The number of hydrogen-bond acceptors (Lipinski definition) is 2. The van der Waals surface area contributed by atoms with Crippen LogP contribution in [0.5, 0.6) is 0 Å². The zero-order valence-electron chi connectivity index (χ0n) is 14.3. The van der Waals surface area contributed by atoms with Gasteiger partial charge in [0.15, 0.2) is 5.96 Å². The quantitative estimate of drug-likeness (QED) is 0.600. The molecule has 1 atom stereocenters. The summed E-state index contributed by atoms with van der Waals surface area (Å²) in [6.07, 6.45) is 6.74. The van der Waals surface area contributed by atoms with Crippen molar-refractivity contribution in [1.29, 1.82) is 0 Å². The Labute approximate surface area is 140 Å². The number of guanidine groups is 1. The first-order chi connectivity index (χ1) is 11.4. The lowest BCUT2D eigenvalue weighted by Gasteiger charge is -2.29. The van der Waals surface area contributed by atoms with Gasteiger partial charge >= 0.3 is 0 Å². The summed E-state index contributed by atoms with van der Waals surface area (Å²) in [4.78, 5) is 6.97. The first-order valence-corrected chi connectivity index (χ1v) is 9.10. The Bertz CT molecular complexity index is 489. The molecule has 0 bridgehead atoms. The summed E-state index contributed by atoms with van der Waals surface area (Å²) in [6, 6.07) is 11.3. The summed E-state index contributed by atoms with van der Waals surface area (Å²) in [6.45, 7) is 4.35. The second-order valence-electron chi connectivity index (χ2n) is 6.78. The van der Waals surface area contributed by atoms with E-state index in [9.17, 15) is 0 Å². The van der Waals surface area contributed by atoms with E-state index in [0.717, 1.165) is 25.0 Å². The number of aliphatic imine (C=N–C) groups is 1. The van der Waals surface area contributed by atoms with E-state index in [1.807, 2.05) is 7.05 Å². The molecule has 1 heterocycles. The summed E-state index contributed by atoms with van der Waals surface area (Å²) in [7, 11) is 1.86. The van der Waals surface area contributed by atoms with Crippen molar-refractivity contribution in [2.24, 2.45) is 10.9 Å². The fraction of sp³-hybridized carbons (Fsp3) is 0.632. The molecule has 2 aliphatic rings. The van der Waals surface area contributed by atoms with Crippen molar-refractivity contribution >= 4 is 5.96 Å². The van der Waals surface area contributed by atoms with Gasteiger partial charge in [0.1, 0.15) is 0 Å². The van der Waals surface area contributed by atoms with Crippen LogP contribution in [0, 0.1) is 5.92 Å². The van der Waals surface area contributed by atoms with E-state index in [-0.39, 0.29) is 0 Å². The monoisotopic (exact) mass is 314 g/mol. The summed E-state index contributed by atoms with van der Waals surface area (Å²) < 4.78 is 0. The number of rotatable bonds is 7. The molecule has 0 radical (unpaired) electrons. The first kappa shape index (κ1) is 16.3. The van der Waals surface area contributed by atoms with Crippen LogP contribution in [-0.4, -0.2) is 44.1 Å². The standard InChI is InChI=1S/C19H30N4/c1-20-19(21-12-11-16-9-10-16)22-15-18(23-13-5-6-14-23)17-7-3-2-4-8-17/h2-4,7-8,16,18H,5-6,9-15H2,1H3,(H2,20,21,22). The molecule has 1 saturated heterocycles. The lowest BCUT2D eigenvalue weighted by molar-refractivity contribution is 0.245. The van der Waals surface area contributed by atoms with Gasteiger partial charge < -0.3 is 10.6 Å². The second kappa shape index (κ2) is 8.34. The molecule has 23 heavy (non-hydrogen) atoms. The van der Waals surface area contributed by atoms with E-state index >= 15 is 0 Å². The van der Waals surface area contributed by atoms with E-state index in [1.54, 1.807) is 0 Å². The lowest BCUT2D eigenvalue weighted by Crippen LogP contribution is -2.43. The van der Waals surface area contributed by atoms with Crippen molar-refractivity contribution in [2.45, 2.75) is 38.1 Å². The van der Waals surface area contributed by atoms with Crippen molar-refractivity contribution in [2.75, 3.05) is 33.2 Å². The summed E-state index contributed by atoms with van der Waals surface area (Å²) in [5, 5.41) is 6.99. The minimum absolute atomic E-state index is 0.431. The van der Waals surface area contributed by atoms with Crippen LogP contribution in [0.3, 0.4) is 0 Å². The van der Waals surface area contributed by atoms with Gasteiger partial charge in [-0.05, 0) is 43.8 Å². The molecule has 2 N–H and O–H groups in total. The van der Waals surface area contributed by atoms with Gasteiger partial charge in [-0.15, -0.1) is 0 Å². The van der Waals surface area contributed by atoms with Crippen molar-refractivity contribution < 1.29 is 0 Å². The van der Waals surface area contributed by atoms with Crippen LogP contribution in [0.2, 0.25) is 0 Å². The fourth-order valence-corrected chi connectivity index (χ4v) is 3.40. The molecule has 4 heteroatoms. The number of benzene rings is 1. The summed E-state index contributed by atoms with van der Waals surface area (Å²) in [5.74, 6) is 1.90. The van der Waals surface area contributed by atoms with Gasteiger partial charge in [0, 0.05) is 20.1 Å². The molecule has 1 unspecified atom stereocenters. The van der Waals surface area contributed by atoms with E-state index in [2.05, 4.69) is 50.9 Å². The molecule has 1 aliphatic carbocycles. The highest BCUT2D eigenvalue weighted by atomic mass is 15.2. The van der Waals surface area contributed by atoms with Crippen molar-refractivity contribution in [3.63, 3.8) is 0 Å². The van der Waals surface area contributed by atoms with Crippen molar-refractivity contribution in [1.82, 2.24) is 15.5 Å². The van der Waals surface area contributed by atoms with Crippen LogP contribution in [0.15, 0.2) is 35.3 Å². The predicted octanol–water partition coefficient (Wildman–Crippen LogP) is 2.79. The van der Waals surface area contributed by atoms with E-state index in [0.29, 0.717) is 6.04 Å². The lowest BCUT2D eigenvalue weighted by atomic mass is 10.1. The minimum Gasteiger partial charge on any atom is -0.356 e. The Kier molecular flexibility index (Phi) is 5.92. The highest BCUT2D eigenvalue weighted by Gasteiger charge is 2.24. The molecule has 1 aliphatic heterocycles. The van der Waals surface area contributed by atoms with Crippen molar-refractivity contribution in [3.8, 4) is 0 Å². The van der Waals surface area contributed by atoms with Crippen LogP contribution in [-0.2, 0) is 0 Å². The average Bonchev–Trinajstić information content (AvgIpc) is 3.26. The van der Waals surface area contributed by atoms with Gasteiger partial charge in [-0.25, -0.2) is 0 Å². The van der Waals surface area contributed by atoms with Gasteiger partial charge in [-0.2, -0.15) is 0 Å². The van der Waals surface area contributed by atoms with Gasteiger partial charge in [0.2, 0.25) is 0 Å². The maximum absolute atomic E-state index is 4.37. The fourth-order valence-electron chi connectivity index (χ4n) is 3.40. The van der Waals surface area contributed by atoms with Gasteiger partial charge in [0.25, 0.3) is 0 Å². The van der Waals surface area contributed by atoms with E-state index in [4.69, 9.17) is 0 Å². The Morgan fingerprint density at radius 3 is 2.57 bits per heavy atom. The molecule has 3 rings (SSSR count). The molecule has 4 nitrogen and oxygen atoms in total. The Morgan fingerprint density at radius 1 is 1.17 bits per heavy atom. The van der Waals surface area contributed by atoms with Gasteiger partial charge in [-0.3, -0.25) is 9.89 Å². The molecule has 1 aromatic carbocycles. The third kappa shape index (κ3) is 4.96. The number of hydrogen-bond donors (Lipinski definition) is 2. The molecule has 1 saturated carbocycles. The maximum Gasteiger partial charge on any atom is 0.191 e. The molecular formula is C19H30N4. The van der Waals surface area contributed by atoms with Crippen LogP contribution >= 0.6 is 0 Å². The SMILES string of the molecule is CN=C(NCCC1CC1)NCC(c1ccccc1)N1CCCC1. The van der Waals surface area contributed by atoms with Crippen LogP contribution in [0.4, 0.5) is 0 Å². The maximum atomic E-state index is 4.37. The minimum atomic E-state index is 0.431. The zero-order chi connectivity index (χ0) is 15.9. The highest BCUT2D eigenvalue weighted by Crippen LogP contribution is 2.31. The number of nitrogens with one attached hydrogen (secondary N) is 2. The van der Waals surface area contributed by atoms with Crippen LogP contribution in [0.25, 0.3) is 0 Å². The Morgan fingerprint density at radius 2 is 1.91 bits per heavy atom. The first-order valence-electron chi connectivity index (χ1n) is 9.10. The van der Waals surface area contributed by atoms with Crippen molar-refractivity contribution in [3.05, 3.63) is 35.9 Å². The second-order valence-corrected chi connectivity index (χ2v) is 6.78. The Hall–Kier alpha value is -1.55. The summed E-state index contributed by atoms with van der Waals surface area (Å²) in [5.41, 5.74) is 1.40. The topological polar surface area (TPSA) is 39.7 Å². The van der Waals surface area contributed by atoms with E-state index < -0.39 is 0 Å². The number of likely N-dealkylation sites (tertiary alicyclic amines) is 1. The summed E-state index contributed by atoms with van der Waals surface area (Å²) >= 11 is 0. The molecule has 2 fully saturated rings. The van der Waals surface area contributed by atoms with Gasteiger partial charge in [0.05, 0.1) is 6.04 Å². The largest absolute Gasteiger partial charge is 0.356 e. The van der Waals surface area contributed by atoms with E-state index in [1.165, 1.54) is 50.8 Å². The molecule has 1 aromatic rings. The van der Waals surface area contributed by atoms with Crippen LogP contribution < -0.4 is 10.6 Å². The third-order valence-electron chi connectivity index (χ3n) is 4.99. The third-order valence-corrected chi connectivity index (χ3v) is 4.99. The average molecular weight is 314 g/mol. The smallest absolute Gasteiger partial charge is 0.191 e. The normalized spacial score (nSPS) is 20.5. The highest BCUT2D eigenvalue weighted by molar-refractivity contribution is 5.79. The molecule has 0 aromatic heterocycles. The Balaban J connectivity index is 1.54. The molecule has 0 spiro atoms. The molecule has 126 valence electrons. The molecular weight excluding hydrogens is 284 g/mol. The molecule has 0 amide bonds. The van der Waals surface area contributed by atoms with Crippen LogP contribution in [0.1, 0.15) is 43.7 Å².